The third-order valence-corrected chi connectivity index (χ3v) is 3.69. The number of aromatic nitrogens is 3. The number of nitrogens with zero attached hydrogens (tertiary/aromatic N) is 3. The van der Waals surface area contributed by atoms with E-state index < -0.39 is 0 Å². The largest absolute Gasteiger partial charge is 0.321 e. The van der Waals surface area contributed by atoms with Gasteiger partial charge in [-0.15, -0.1) is 0 Å². The van der Waals surface area contributed by atoms with Crippen molar-refractivity contribution in [2.45, 2.75) is 19.8 Å². The van der Waals surface area contributed by atoms with Crippen molar-refractivity contribution in [3.8, 4) is 11.3 Å². The van der Waals surface area contributed by atoms with E-state index in [1.165, 1.54) is 11.8 Å². The third-order valence-electron chi connectivity index (χ3n) is 3.69. The van der Waals surface area contributed by atoms with Gasteiger partial charge >= 0.3 is 0 Å². The van der Waals surface area contributed by atoms with Gasteiger partial charge in [0.05, 0.1) is 18.1 Å². The minimum atomic E-state index is -0.274. The van der Waals surface area contributed by atoms with Crippen LogP contribution < -0.4 is 5.32 Å². The van der Waals surface area contributed by atoms with Gasteiger partial charge in [0.1, 0.15) is 5.69 Å². The molecule has 5 nitrogen and oxygen atoms in total. The van der Waals surface area contributed by atoms with Crippen LogP contribution in [-0.2, 0) is 0 Å². The highest BCUT2D eigenvalue weighted by molar-refractivity contribution is 5.93. The van der Waals surface area contributed by atoms with Crippen molar-refractivity contribution >= 4 is 5.91 Å². The number of rotatable bonds is 4. The first-order valence-electron chi connectivity index (χ1n) is 7.87. The molecule has 0 aromatic carbocycles. The molecular weight excluding hydrogens is 300 g/mol. The molecule has 1 amide bonds. The van der Waals surface area contributed by atoms with Crippen molar-refractivity contribution < 1.29 is 4.79 Å². The first-order chi connectivity index (χ1) is 11.8. The quantitative estimate of drug-likeness (QED) is 0.937. The normalized spacial score (nSPS) is 13.7. The summed E-state index contributed by atoms with van der Waals surface area (Å²) in [5.41, 5.74) is 3.75. The summed E-state index contributed by atoms with van der Waals surface area (Å²) in [7, 11) is 0. The zero-order valence-corrected chi connectivity index (χ0v) is 13.4. The lowest BCUT2D eigenvalue weighted by molar-refractivity contribution is 0.0962. The first kappa shape index (κ1) is 15.8. The van der Waals surface area contributed by atoms with Crippen molar-refractivity contribution in [2.75, 3.05) is 0 Å². The van der Waals surface area contributed by atoms with Crippen molar-refractivity contribution in [3.63, 3.8) is 0 Å². The van der Waals surface area contributed by atoms with E-state index in [-0.39, 0.29) is 11.6 Å². The maximum atomic E-state index is 12.4. The topological polar surface area (TPSA) is 67.8 Å². The number of carbonyl (C=O) groups is 1. The summed E-state index contributed by atoms with van der Waals surface area (Å²) >= 11 is 0. The molecule has 3 rings (SSSR count). The number of hydrogen-bond acceptors (Lipinski definition) is 4. The van der Waals surface area contributed by atoms with Gasteiger partial charge in [-0.1, -0.05) is 30.7 Å². The molecule has 0 fully saturated rings. The SMILES string of the molecule is CCC1=CCC=C(NC(=O)c2cncc(-c3cccnc3)n2)C=C1. The standard InChI is InChI=1S/C19H18N4O/c1-2-14-5-3-7-16(9-8-14)22-19(24)18-13-21-12-17(23-18)15-6-4-10-20-11-15/h4-13H,2-3H2,1H3,(H,22,24). The Kier molecular flexibility index (Phi) is 4.91. The average molecular weight is 318 g/mol. The van der Waals surface area contributed by atoms with Crippen LogP contribution in [0.5, 0.6) is 0 Å². The molecule has 1 aliphatic carbocycles. The van der Waals surface area contributed by atoms with Crippen molar-refractivity contribution in [2.24, 2.45) is 0 Å². The summed E-state index contributed by atoms with van der Waals surface area (Å²) < 4.78 is 0. The van der Waals surface area contributed by atoms with Crippen molar-refractivity contribution in [3.05, 3.63) is 78.2 Å². The second-order valence-electron chi connectivity index (χ2n) is 5.35. The molecule has 0 bridgehead atoms. The van der Waals surface area contributed by atoms with Gasteiger partial charge in [0.2, 0.25) is 0 Å². The van der Waals surface area contributed by atoms with Gasteiger partial charge in [-0.2, -0.15) is 0 Å². The molecule has 0 saturated heterocycles. The first-order valence-corrected chi connectivity index (χ1v) is 7.87. The number of carbonyl (C=O) groups excluding carboxylic acids is 1. The van der Waals surface area contributed by atoms with E-state index in [0.717, 1.165) is 24.1 Å². The fourth-order valence-electron chi connectivity index (χ4n) is 2.35. The molecule has 1 aliphatic rings. The molecule has 0 spiro atoms. The monoisotopic (exact) mass is 318 g/mol. The van der Waals surface area contributed by atoms with Crippen molar-refractivity contribution in [1.82, 2.24) is 20.3 Å². The Balaban J connectivity index is 1.76. The molecule has 1 N–H and O–H groups in total. The smallest absolute Gasteiger partial charge is 0.275 e. The number of hydrogen-bond donors (Lipinski definition) is 1. The van der Waals surface area contributed by atoms with Crippen LogP contribution in [0.2, 0.25) is 0 Å². The molecule has 0 aliphatic heterocycles. The van der Waals surface area contributed by atoms with E-state index in [1.54, 1.807) is 18.6 Å². The molecule has 120 valence electrons. The molecule has 0 unspecified atom stereocenters. The minimum Gasteiger partial charge on any atom is -0.321 e. The Bertz CT molecular complexity index is 822. The molecule has 2 aromatic heterocycles. The highest BCUT2D eigenvalue weighted by Crippen LogP contribution is 2.15. The number of allylic oxidation sites excluding steroid dienone is 5. The Morgan fingerprint density at radius 1 is 1.17 bits per heavy atom. The van der Waals surface area contributed by atoms with Gasteiger partial charge in [0, 0.05) is 23.7 Å². The predicted molar refractivity (Wildman–Crippen MR) is 92.9 cm³/mol. The lowest BCUT2D eigenvalue weighted by Crippen LogP contribution is -2.23. The Labute approximate surface area is 140 Å². The number of pyridine rings is 1. The summed E-state index contributed by atoms with van der Waals surface area (Å²) in [5, 5.41) is 2.88. The average Bonchev–Trinajstić information content (AvgIpc) is 2.87. The molecule has 0 radical (unpaired) electrons. The van der Waals surface area contributed by atoms with Gasteiger partial charge in [0.25, 0.3) is 5.91 Å². The zero-order chi connectivity index (χ0) is 16.8. The molecule has 2 heterocycles. The summed E-state index contributed by atoms with van der Waals surface area (Å²) in [6.07, 6.45) is 16.3. The van der Waals surface area contributed by atoms with Gasteiger partial charge in [0.15, 0.2) is 0 Å². The van der Waals surface area contributed by atoms with E-state index in [4.69, 9.17) is 0 Å². The van der Waals surface area contributed by atoms with Crippen molar-refractivity contribution in [1.29, 1.82) is 0 Å². The van der Waals surface area contributed by atoms with Crippen LogP contribution in [-0.4, -0.2) is 20.9 Å². The summed E-state index contributed by atoms with van der Waals surface area (Å²) in [4.78, 5) is 25.0. The van der Waals surface area contributed by atoms with Crippen LogP contribution in [0.4, 0.5) is 0 Å². The Morgan fingerprint density at radius 3 is 2.88 bits per heavy atom. The van der Waals surface area contributed by atoms with Gasteiger partial charge in [-0.05, 0) is 31.1 Å². The fraction of sp³-hybridized carbons (Fsp3) is 0.158. The van der Waals surface area contributed by atoms with E-state index in [9.17, 15) is 4.79 Å². The summed E-state index contributed by atoms with van der Waals surface area (Å²) in [6.45, 7) is 2.11. The van der Waals surface area contributed by atoms with Crippen LogP contribution in [0.25, 0.3) is 11.3 Å². The molecule has 24 heavy (non-hydrogen) atoms. The fourth-order valence-corrected chi connectivity index (χ4v) is 2.35. The molecular formula is C19H18N4O. The zero-order valence-electron chi connectivity index (χ0n) is 13.4. The lowest BCUT2D eigenvalue weighted by atomic mass is 10.2. The lowest BCUT2D eigenvalue weighted by Gasteiger charge is -2.06. The van der Waals surface area contributed by atoms with Crippen LogP contribution in [0.3, 0.4) is 0 Å². The predicted octanol–water partition coefficient (Wildman–Crippen LogP) is 3.45. The van der Waals surface area contributed by atoms with Crippen LogP contribution in [0.15, 0.2) is 72.5 Å². The molecule has 0 atom stereocenters. The maximum absolute atomic E-state index is 12.4. The maximum Gasteiger partial charge on any atom is 0.275 e. The van der Waals surface area contributed by atoms with Gasteiger partial charge < -0.3 is 5.32 Å². The summed E-state index contributed by atoms with van der Waals surface area (Å²) in [6, 6.07) is 3.70. The van der Waals surface area contributed by atoms with E-state index in [1.807, 2.05) is 30.4 Å². The van der Waals surface area contributed by atoms with Crippen LogP contribution in [0.1, 0.15) is 30.3 Å². The molecule has 0 saturated carbocycles. The van der Waals surface area contributed by atoms with E-state index >= 15 is 0 Å². The second kappa shape index (κ2) is 7.46. The minimum absolute atomic E-state index is 0.274. The second-order valence-corrected chi connectivity index (χ2v) is 5.35. The van der Waals surface area contributed by atoms with Crippen LogP contribution in [0, 0.1) is 0 Å². The van der Waals surface area contributed by atoms with E-state index in [0.29, 0.717) is 5.69 Å². The number of amides is 1. The Hall–Kier alpha value is -3.08. The molecule has 5 heteroatoms. The number of nitrogens with one attached hydrogen (secondary N) is 1. The highest BCUT2D eigenvalue weighted by Gasteiger charge is 2.11. The third kappa shape index (κ3) is 3.81. The van der Waals surface area contributed by atoms with Gasteiger partial charge in [-0.3, -0.25) is 14.8 Å². The summed E-state index contributed by atoms with van der Waals surface area (Å²) in [5.74, 6) is -0.274. The van der Waals surface area contributed by atoms with Crippen LogP contribution >= 0.6 is 0 Å². The van der Waals surface area contributed by atoms with E-state index in [2.05, 4.69) is 33.3 Å². The van der Waals surface area contributed by atoms with Gasteiger partial charge in [-0.25, -0.2) is 4.98 Å². The molecule has 2 aromatic rings. The highest BCUT2D eigenvalue weighted by atomic mass is 16.1. The Morgan fingerprint density at radius 2 is 2.08 bits per heavy atom.